The molecule has 0 radical (unpaired) electrons. The summed E-state index contributed by atoms with van der Waals surface area (Å²) in [4.78, 5) is 10.5. The predicted octanol–water partition coefficient (Wildman–Crippen LogP) is 3.40. The molecule has 0 heterocycles. The van der Waals surface area contributed by atoms with Crippen LogP contribution in [0.1, 0.15) is 32.6 Å². The summed E-state index contributed by atoms with van der Waals surface area (Å²) in [5, 5.41) is 8.64. The molecule has 0 aromatic rings. The lowest BCUT2D eigenvalue weighted by Gasteiger charge is -2.30. The summed E-state index contributed by atoms with van der Waals surface area (Å²) in [6, 6.07) is 0. The molecule has 1 saturated carbocycles. The number of fused-ring (bicyclic) bond motifs is 1. The second-order valence-electron chi connectivity index (χ2n) is 4.93. The maximum absolute atomic E-state index is 13.8. The molecule has 94 valence electrons. The van der Waals surface area contributed by atoms with Crippen molar-refractivity contribution in [2.45, 2.75) is 38.5 Å². The van der Waals surface area contributed by atoms with Crippen molar-refractivity contribution in [3.8, 4) is 0 Å². The average Bonchev–Trinajstić information content (AvgIpc) is 2.55. The first kappa shape index (κ1) is 12.3. The van der Waals surface area contributed by atoms with Gasteiger partial charge in [0, 0.05) is 12.8 Å². The highest BCUT2D eigenvalue weighted by Crippen LogP contribution is 2.52. The smallest absolute Gasteiger partial charge is 0.303 e. The molecular weight excluding hydrogens is 226 g/mol. The number of rotatable bonds is 3. The van der Waals surface area contributed by atoms with Crippen molar-refractivity contribution in [1.82, 2.24) is 0 Å². The summed E-state index contributed by atoms with van der Waals surface area (Å²) in [7, 11) is 0. The molecular formula is C13H16F2O2. The summed E-state index contributed by atoms with van der Waals surface area (Å²) >= 11 is 0. The molecule has 0 amide bonds. The molecule has 0 spiro atoms. The second-order valence-corrected chi connectivity index (χ2v) is 4.93. The molecule has 17 heavy (non-hydrogen) atoms. The fraction of sp³-hybridized carbons (Fsp3) is 0.615. The molecule has 2 aliphatic carbocycles. The number of carboxylic acid groups (broad SMARTS) is 1. The van der Waals surface area contributed by atoms with Crippen molar-refractivity contribution in [2.24, 2.45) is 11.8 Å². The van der Waals surface area contributed by atoms with Crippen LogP contribution in [-0.4, -0.2) is 17.0 Å². The number of allylic oxidation sites excluding steroid dienone is 4. The normalized spacial score (nSPS) is 30.5. The Balaban J connectivity index is 2.21. The van der Waals surface area contributed by atoms with Crippen LogP contribution in [-0.2, 0) is 4.79 Å². The monoisotopic (exact) mass is 242 g/mol. The quantitative estimate of drug-likeness (QED) is 0.823. The van der Waals surface area contributed by atoms with Crippen molar-refractivity contribution >= 4 is 5.97 Å². The number of carbonyl (C=O) groups is 1. The maximum atomic E-state index is 13.8. The molecule has 0 bridgehead atoms. The van der Waals surface area contributed by atoms with Gasteiger partial charge in [-0.2, -0.15) is 0 Å². The molecule has 0 saturated heterocycles. The van der Waals surface area contributed by atoms with Crippen molar-refractivity contribution < 1.29 is 18.7 Å². The lowest BCUT2D eigenvalue weighted by molar-refractivity contribution is -0.137. The van der Waals surface area contributed by atoms with Crippen LogP contribution in [0.25, 0.3) is 0 Å². The van der Waals surface area contributed by atoms with Gasteiger partial charge in [0.15, 0.2) is 0 Å². The minimum Gasteiger partial charge on any atom is -0.481 e. The molecule has 0 aliphatic heterocycles. The maximum Gasteiger partial charge on any atom is 0.303 e. The van der Waals surface area contributed by atoms with Crippen LogP contribution in [0.4, 0.5) is 8.78 Å². The minimum absolute atomic E-state index is 0.0714. The van der Waals surface area contributed by atoms with E-state index in [9.17, 15) is 13.6 Å². The van der Waals surface area contributed by atoms with Crippen LogP contribution in [0, 0.1) is 11.8 Å². The number of carboxylic acids is 1. The van der Waals surface area contributed by atoms with Crippen LogP contribution in [0.3, 0.4) is 0 Å². The van der Waals surface area contributed by atoms with E-state index in [0.717, 1.165) is 5.57 Å². The first-order chi connectivity index (χ1) is 7.92. The van der Waals surface area contributed by atoms with E-state index in [2.05, 4.69) is 0 Å². The van der Waals surface area contributed by atoms with Gasteiger partial charge in [0.1, 0.15) is 0 Å². The third-order valence-corrected chi connectivity index (χ3v) is 3.82. The molecule has 4 heteroatoms. The van der Waals surface area contributed by atoms with Gasteiger partial charge in [0.2, 0.25) is 0 Å². The molecule has 2 rings (SSSR count). The predicted molar refractivity (Wildman–Crippen MR) is 59.9 cm³/mol. The fourth-order valence-corrected chi connectivity index (χ4v) is 2.94. The van der Waals surface area contributed by atoms with Gasteiger partial charge in [-0.15, -0.1) is 0 Å². The van der Waals surface area contributed by atoms with Crippen LogP contribution < -0.4 is 0 Å². The first-order valence-corrected chi connectivity index (χ1v) is 5.88. The molecule has 2 nitrogen and oxygen atoms in total. The summed E-state index contributed by atoms with van der Waals surface area (Å²) in [6.07, 6.45) is 4.13. The van der Waals surface area contributed by atoms with Gasteiger partial charge < -0.3 is 5.11 Å². The van der Waals surface area contributed by atoms with E-state index in [-0.39, 0.29) is 25.2 Å². The zero-order valence-electron chi connectivity index (χ0n) is 9.75. The van der Waals surface area contributed by atoms with Crippen LogP contribution in [0.15, 0.2) is 23.3 Å². The highest BCUT2D eigenvalue weighted by atomic mass is 19.3. The number of alkyl halides is 2. The number of halogens is 2. The highest BCUT2D eigenvalue weighted by Gasteiger charge is 2.52. The van der Waals surface area contributed by atoms with E-state index in [0.29, 0.717) is 12.0 Å². The summed E-state index contributed by atoms with van der Waals surface area (Å²) in [6.45, 7) is 1.88. The molecule has 1 fully saturated rings. The standard InChI is InChI=1S/C13H16F2O2/c1-8-2-3-9(4-5-11(16)17)12-10(8)6-7-13(12,14)15/h2-3,10,12H,4-7H2,1H3,(H,16,17). The topological polar surface area (TPSA) is 37.3 Å². The van der Waals surface area contributed by atoms with E-state index < -0.39 is 17.8 Å². The third kappa shape index (κ3) is 2.26. The Morgan fingerprint density at radius 2 is 2.24 bits per heavy atom. The van der Waals surface area contributed by atoms with E-state index in [1.165, 1.54) is 0 Å². The number of hydrogen-bond donors (Lipinski definition) is 1. The van der Waals surface area contributed by atoms with Gasteiger partial charge in [-0.05, 0) is 25.7 Å². The Morgan fingerprint density at radius 3 is 2.88 bits per heavy atom. The molecule has 2 atom stereocenters. The van der Waals surface area contributed by atoms with Gasteiger partial charge in [-0.1, -0.05) is 23.3 Å². The Morgan fingerprint density at radius 1 is 1.53 bits per heavy atom. The van der Waals surface area contributed by atoms with E-state index in [1.807, 2.05) is 13.0 Å². The molecule has 2 unspecified atom stereocenters. The Kier molecular flexibility index (Phi) is 3.06. The van der Waals surface area contributed by atoms with Crippen molar-refractivity contribution in [1.29, 1.82) is 0 Å². The largest absolute Gasteiger partial charge is 0.481 e. The van der Waals surface area contributed by atoms with E-state index in [1.54, 1.807) is 6.08 Å². The highest BCUT2D eigenvalue weighted by molar-refractivity contribution is 5.67. The zero-order chi connectivity index (χ0) is 12.6. The van der Waals surface area contributed by atoms with E-state index in [4.69, 9.17) is 5.11 Å². The van der Waals surface area contributed by atoms with Crippen LogP contribution >= 0.6 is 0 Å². The Labute approximate surface area is 99.0 Å². The van der Waals surface area contributed by atoms with Gasteiger partial charge in [-0.3, -0.25) is 4.79 Å². The van der Waals surface area contributed by atoms with Crippen molar-refractivity contribution in [2.75, 3.05) is 0 Å². The van der Waals surface area contributed by atoms with Crippen LogP contribution in [0.5, 0.6) is 0 Å². The lowest BCUT2D eigenvalue weighted by Crippen LogP contribution is -2.29. The van der Waals surface area contributed by atoms with Crippen LogP contribution in [0.2, 0.25) is 0 Å². The fourth-order valence-electron chi connectivity index (χ4n) is 2.94. The summed E-state index contributed by atoms with van der Waals surface area (Å²) < 4.78 is 27.6. The Bertz CT molecular complexity index is 396. The number of hydrogen-bond acceptors (Lipinski definition) is 1. The summed E-state index contributed by atoms with van der Waals surface area (Å²) in [5.74, 6) is -4.48. The Hall–Kier alpha value is -1.19. The van der Waals surface area contributed by atoms with Gasteiger partial charge in [-0.25, -0.2) is 8.78 Å². The van der Waals surface area contributed by atoms with Crippen molar-refractivity contribution in [3.05, 3.63) is 23.3 Å². The van der Waals surface area contributed by atoms with Gasteiger partial charge in [0.05, 0.1) is 5.92 Å². The van der Waals surface area contributed by atoms with E-state index >= 15 is 0 Å². The second kappa shape index (κ2) is 4.24. The van der Waals surface area contributed by atoms with Gasteiger partial charge in [0.25, 0.3) is 5.92 Å². The summed E-state index contributed by atoms with van der Waals surface area (Å²) in [5.41, 5.74) is 1.59. The van der Waals surface area contributed by atoms with Crippen molar-refractivity contribution in [3.63, 3.8) is 0 Å². The van der Waals surface area contributed by atoms with Gasteiger partial charge >= 0.3 is 5.97 Å². The minimum atomic E-state index is -2.68. The average molecular weight is 242 g/mol. The zero-order valence-corrected chi connectivity index (χ0v) is 9.75. The molecule has 0 aromatic heterocycles. The third-order valence-electron chi connectivity index (χ3n) is 3.82. The number of aliphatic carboxylic acids is 1. The molecule has 1 N–H and O–H groups in total. The molecule has 2 aliphatic rings. The SMILES string of the molecule is CC1=CC=C(CCC(=O)O)C2C1CCC2(F)F. The molecule has 0 aromatic carbocycles. The first-order valence-electron chi connectivity index (χ1n) is 5.88. The lowest BCUT2D eigenvalue weighted by atomic mass is 9.77.